The normalized spacial score (nSPS) is 9.37. The third-order valence-corrected chi connectivity index (χ3v) is 2.66. The number of hydrogen-bond donors (Lipinski definition) is 1. The van der Waals surface area contributed by atoms with Crippen LogP contribution in [-0.4, -0.2) is 14.1 Å². The number of hydrogen-bond acceptors (Lipinski definition) is 3. The molecule has 0 spiro atoms. The Balaban J connectivity index is 0.00000162. The molecule has 5 heteroatoms. The van der Waals surface area contributed by atoms with E-state index in [2.05, 4.69) is 34.5 Å². The molecule has 1 heterocycles. The lowest BCUT2D eigenvalue weighted by Crippen LogP contribution is -2.12. The van der Waals surface area contributed by atoms with Gasteiger partial charge in [0.25, 0.3) is 0 Å². The SMILES string of the molecule is CN(C)c1ccc(CNCc2ccco2)cc1.Cl.Cl. The van der Waals surface area contributed by atoms with Gasteiger partial charge in [-0.3, -0.25) is 0 Å². The molecule has 0 amide bonds. The van der Waals surface area contributed by atoms with Crippen LogP contribution in [0.5, 0.6) is 0 Å². The van der Waals surface area contributed by atoms with Crippen molar-refractivity contribution in [3.05, 3.63) is 54.0 Å². The van der Waals surface area contributed by atoms with E-state index in [-0.39, 0.29) is 24.8 Å². The van der Waals surface area contributed by atoms with Crippen LogP contribution in [0.15, 0.2) is 47.1 Å². The van der Waals surface area contributed by atoms with Crippen LogP contribution < -0.4 is 10.2 Å². The Bertz CT molecular complexity index is 441. The molecular formula is C14H20Cl2N2O. The average molecular weight is 303 g/mol. The van der Waals surface area contributed by atoms with E-state index in [0.29, 0.717) is 0 Å². The Hall–Kier alpha value is -1.16. The summed E-state index contributed by atoms with van der Waals surface area (Å²) in [7, 11) is 4.09. The Morgan fingerprint density at radius 3 is 2.21 bits per heavy atom. The standard InChI is InChI=1S/C14H18N2O.2ClH/c1-16(2)13-7-5-12(6-8-13)10-15-11-14-4-3-9-17-14;;/h3-9,15H,10-11H2,1-2H3;2*1H. The van der Waals surface area contributed by atoms with E-state index in [1.807, 2.05) is 26.2 Å². The lowest BCUT2D eigenvalue weighted by Gasteiger charge is -2.12. The van der Waals surface area contributed by atoms with Crippen LogP contribution in [0.2, 0.25) is 0 Å². The van der Waals surface area contributed by atoms with Gasteiger partial charge in [-0.05, 0) is 29.8 Å². The van der Waals surface area contributed by atoms with E-state index in [1.165, 1.54) is 11.3 Å². The predicted octanol–water partition coefficient (Wildman–Crippen LogP) is 3.48. The fraction of sp³-hybridized carbons (Fsp3) is 0.286. The van der Waals surface area contributed by atoms with E-state index in [9.17, 15) is 0 Å². The van der Waals surface area contributed by atoms with E-state index >= 15 is 0 Å². The highest BCUT2D eigenvalue weighted by molar-refractivity contribution is 5.85. The molecule has 1 aromatic heterocycles. The van der Waals surface area contributed by atoms with Gasteiger partial charge in [-0.1, -0.05) is 12.1 Å². The molecule has 0 aliphatic carbocycles. The molecule has 3 nitrogen and oxygen atoms in total. The zero-order valence-electron chi connectivity index (χ0n) is 11.1. The molecule has 0 fully saturated rings. The number of halogens is 2. The maximum Gasteiger partial charge on any atom is 0.117 e. The maximum atomic E-state index is 5.25. The minimum absolute atomic E-state index is 0. The van der Waals surface area contributed by atoms with Gasteiger partial charge >= 0.3 is 0 Å². The van der Waals surface area contributed by atoms with E-state index in [1.54, 1.807) is 6.26 Å². The van der Waals surface area contributed by atoms with Crippen molar-refractivity contribution >= 4 is 30.5 Å². The molecule has 2 rings (SSSR count). The number of benzene rings is 1. The first kappa shape index (κ1) is 17.8. The predicted molar refractivity (Wildman–Crippen MR) is 84.5 cm³/mol. The van der Waals surface area contributed by atoms with Gasteiger partial charge in [0.15, 0.2) is 0 Å². The van der Waals surface area contributed by atoms with Gasteiger partial charge < -0.3 is 14.6 Å². The number of nitrogens with zero attached hydrogens (tertiary/aromatic N) is 1. The highest BCUT2D eigenvalue weighted by Crippen LogP contribution is 2.12. The van der Waals surface area contributed by atoms with Gasteiger partial charge in [-0.25, -0.2) is 0 Å². The van der Waals surface area contributed by atoms with Crippen molar-refractivity contribution in [2.24, 2.45) is 0 Å². The second-order valence-electron chi connectivity index (χ2n) is 4.24. The lowest BCUT2D eigenvalue weighted by molar-refractivity contribution is 0.483. The van der Waals surface area contributed by atoms with Crippen LogP contribution in [0.3, 0.4) is 0 Å². The summed E-state index contributed by atoms with van der Waals surface area (Å²) in [5.74, 6) is 0.968. The molecule has 1 N–H and O–H groups in total. The first-order valence-electron chi connectivity index (χ1n) is 5.75. The Labute approximate surface area is 126 Å². The number of anilines is 1. The van der Waals surface area contributed by atoms with Crippen LogP contribution >= 0.6 is 24.8 Å². The molecule has 1 aromatic carbocycles. The van der Waals surface area contributed by atoms with Gasteiger partial charge in [0, 0.05) is 26.3 Å². The van der Waals surface area contributed by atoms with E-state index < -0.39 is 0 Å². The molecule has 0 bridgehead atoms. The van der Waals surface area contributed by atoms with Crippen LogP contribution in [0.25, 0.3) is 0 Å². The van der Waals surface area contributed by atoms with Crippen molar-refractivity contribution in [1.29, 1.82) is 0 Å². The van der Waals surface area contributed by atoms with Crippen LogP contribution in [0.4, 0.5) is 5.69 Å². The molecule has 0 aliphatic heterocycles. The van der Waals surface area contributed by atoms with Gasteiger partial charge in [0.2, 0.25) is 0 Å². The summed E-state index contributed by atoms with van der Waals surface area (Å²) in [5.41, 5.74) is 2.50. The van der Waals surface area contributed by atoms with E-state index in [0.717, 1.165) is 18.8 Å². The highest BCUT2D eigenvalue weighted by Gasteiger charge is 1.97. The van der Waals surface area contributed by atoms with Crippen molar-refractivity contribution in [3.8, 4) is 0 Å². The topological polar surface area (TPSA) is 28.4 Å². The second kappa shape index (κ2) is 8.86. The molecular weight excluding hydrogens is 283 g/mol. The average Bonchev–Trinajstić information content (AvgIpc) is 2.83. The number of furan rings is 1. The van der Waals surface area contributed by atoms with Crippen molar-refractivity contribution in [2.45, 2.75) is 13.1 Å². The molecule has 106 valence electrons. The Morgan fingerprint density at radius 1 is 1.00 bits per heavy atom. The monoisotopic (exact) mass is 302 g/mol. The molecule has 0 saturated heterocycles. The lowest BCUT2D eigenvalue weighted by atomic mass is 10.2. The van der Waals surface area contributed by atoms with Crippen molar-refractivity contribution in [1.82, 2.24) is 5.32 Å². The minimum Gasteiger partial charge on any atom is -0.468 e. The number of nitrogens with one attached hydrogen (secondary N) is 1. The molecule has 0 radical (unpaired) electrons. The Morgan fingerprint density at radius 2 is 1.68 bits per heavy atom. The first-order chi connectivity index (χ1) is 8.25. The summed E-state index contributed by atoms with van der Waals surface area (Å²) < 4.78 is 5.25. The summed E-state index contributed by atoms with van der Waals surface area (Å²) >= 11 is 0. The van der Waals surface area contributed by atoms with Crippen molar-refractivity contribution in [2.75, 3.05) is 19.0 Å². The smallest absolute Gasteiger partial charge is 0.117 e. The zero-order chi connectivity index (χ0) is 12.1. The second-order valence-corrected chi connectivity index (χ2v) is 4.24. The maximum absolute atomic E-state index is 5.25. The minimum atomic E-state index is 0. The van der Waals surface area contributed by atoms with Gasteiger partial charge in [-0.2, -0.15) is 0 Å². The highest BCUT2D eigenvalue weighted by atomic mass is 35.5. The quantitative estimate of drug-likeness (QED) is 0.916. The molecule has 0 unspecified atom stereocenters. The fourth-order valence-corrected chi connectivity index (χ4v) is 1.66. The summed E-state index contributed by atoms with van der Waals surface area (Å²) in [4.78, 5) is 2.10. The van der Waals surface area contributed by atoms with Gasteiger partial charge in [0.05, 0.1) is 12.8 Å². The zero-order valence-corrected chi connectivity index (χ0v) is 12.8. The Kier molecular flexibility index (Phi) is 8.32. The first-order valence-corrected chi connectivity index (χ1v) is 5.75. The van der Waals surface area contributed by atoms with Gasteiger partial charge in [0.1, 0.15) is 5.76 Å². The summed E-state index contributed by atoms with van der Waals surface area (Å²) in [6.07, 6.45) is 1.70. The molecule has 2 aromatic rings. The summed E-state index contributed by atoms with van der Waals surface area (Å²) in [6, 6.07) is 12.4. The molecule has 0 aliphatic rings. The summed E-state index contributed by atoms with van der Waals surface area (Å²) in [5, 5.41) is 3.35. The summed E-state index contributed by atoms with van der Waals surface area (Å²) in [6.45, 7) is 1.62. The molecule has 0 atom stereocenters. The van der Waals surface area contributed by atoms with E-state index in [4.69, 9.17) is 4.42 Å². The van der Waals surface area contributed by atoms with Gasteiger partial charge in [-0.15, -0.1) is 24.8 Å². The van der Waals surface area contributed by atoms with Crippen molar-refractivity contribution < 1.29 is 4.42 Å². The largest absolute Gasteiger partial charge is 0.468 e. The van der Waals surface area contributed by atoms with Crippen LogP contribution in [0, 0.1) is 0 Å². The third kappa shape index (κ3) is 5.55. The molecule has 0 saturated carbocycles. The fourth-order valence-electron chi connectivity index (χ4n) is 1.66. The van der Waals surface area contributed by atoms with Crippen molar-refractivity contribution in [3.63, 3.8) is 0 Å². The van der Waals surface area contributed by atoms with Crippen LogP contribution in [-0.2, 0) is 13.1 Å². The third-order valence-electron chi connectivity index (χ3n) is 2.66. The van der Waals surface area contributed by atoms with Crippen LogP contribution in [0.1, 0.15) is 11.3 Å². The molecule has 19 heavy (non-hydrogen) atoms. The number of rotatable bonds is 5.